The second kappa shape index (κ2) is 6.10. The molecule has 0 saturated carbocycles. The van der Waals surface area contributed by atoms with E-state index in [0.717, 1.165) is 5.76 Å². The van der Waals surface area contributed by atoms with E-state index in [9.17, 15) is 4.79 Å². The highest BCUT2D eigenvalue weighted by atomic mass is 35.5. The highest BCUT2D eigenvalue weighted by molar-refractivity contribution is 6.34. The van der Waals surface area contributed by atoms with Gasteiger partial charge in [-0.25, -0.2) is 0 Å². The van der Waals surface area contributed by atoms with E-state index in [4.69, 9.17) is 25.5 Å². The van der Waals surface area contributed by atoms with E-state index in [1.807, 2.05) is 6.07 Å². The number of amides is 1. The number of nitrogens with one attached hydrogen (secondary N) is 1. The molecule has 1 aliphatic rings. The lowest BCUT2D eigenvalue weighted by molar-refractivity contribution is -0.116. The van der Waals surface area contributed by atoms with Gasteiger partial charge in [-0.3, -0.25) is 4.79 Å². The maximum atomic E-state index is 11.9. The van der Waals surface area contributed by atoms with Crippen LogP contribution in [0.4, 0.5) is 5.69 Å². The van der Waals surface area contributed by atoms with Gasteiger partial charge in [0.2, 0.25) is 5.91 Å². The number of hydrogen-bond donors (Lipinski definition) is 1. The summed E-state index contributed by atoms with van der Waals surface area (Å²) in [6.07, 6.45) is 2.45. The first-order valence-corrected chi connectivity index (χ1v) is 7.01. The van der Waals surface area contributed by atoms with Crippen molar-refractivity contribution in [3.05, 3.63) is 41.3 Å². The molecule has 0 spiro atoms. The molecular formula is C15H14ClNO4. The average Bonchev–Trinajstić information content (AvgIpc) is 2.99. The molecule has 3 rings (SSSR count). The molecule has 5 nitrogen and oxygen atoms in total. The number of carbonyl (C=O) groups is 1. The smallest absolute Gasteiger partial charge is 0.224 e. The molecule has 0 atom stereocenters. The fourth-order valence-corrected chi connectivity index (χ4v) is 2.26. The van der Waals surface area contributed by atoms with Crippen molar-refractivity contribution in [3.63, 3.8) is 0 Å². The Labute approximate surface area is 126 Å². The molecule has 1 amide bonds. The summed E-state index contributed by atoms with van der Waals surface area (Å²) in [5.74, 6) is 1.83. The predicted molar refractivity (Wildman–Crippen MR) is 78.1 cm³/mol. The van der Waals surface area contributed by atoms with E-state index in [-0.39, 0.29) is 5.91 Å². The van der Waals surface area contributed by atoms with Gasteiger partial charge < -0.3 is 19.2 Å². The lowest BCUT2D eigenvalue weighted by Gasteiger charge is -2.20. The van der Waals surface area contributed by atoms with Crippen molar-refractivity contribution in [2.24, 2.45) is 0 Å². The van der Waals surface area contributed by atoms with Crippen LogP contribution in [0.3, 0.4) is 0 Å². The molecule has 2 aromatic rings. The Balaban J connectivity index is 1.65. The van der Waals surface area contributed by atoms with Crippen molar-refractivity contribution in [2.75, 3.05) is 18.5 Å². The van der Waals surface area contributed by atoms with E-state index in [1.54, 1.807) is 24.5 Å². The largest absolute Gasteiger partial charge is 0.486 e. The standard InChI is InChI=1S/C15H14ClNO4/c16-11-8-13-14(21-7-6-20-13)9-12(11)17-15(18)4-3-10-2-1-5-19-10/h1-2,5,8-9H,3-4,6-7H2,(H,17,18). The summed E-state index contributed by atoms with van der Waals surface area (Å²) >= 11 is 6.14. The monoisotopic (exact) mass is 307 g/mol. The van der Waals surface area contributed by atoms with Gasteiger partial charge in [-0.15, -0.1) is 0 Å². The minimum absolute atomic E-state index is 0.134. The first kappa shape index (κ1) is 13.8. The van der Waals surface area contributed by atoms with Crippen molar-refractivity contribution in [3.8, 4) is 11.5 Å². The van der Waals surface area contributed by atoms with E-state index in [0.29, 0.717) is 48.3 Å². The Morgan fingerprint density at radius 2 is 2.00 bits per heavy atom. The van der Waals surface area contributed by atoms with Crippen LogP contribution >= 0.6 is 11.6 Å². The van der Waals surface area contributed by atoms with Gasteiger partial charge >= 0.3 is 0 Å². The molecule has 2 heterocycles. The van der Waals surface area contributed by atoms with Crippen molar-refractivity contribution in [1.82, 2.24) is 0 Å². The number of fused-ring (bicyclic) bond motifs is 1. The third-order valence-corrected chi connectivity index (χ3v) is 3.40. The Morgan fingerprint density at radius 3 is 2.71 bits per heavy atom. The molecule has 21 heavy (non-hydrogen) atoms. The number of rotatable bonds is 4. The normalized spacial score (nSPS) is 13.0. The summed E-state index contributed by atoms with van der Waals surface area (Å²) in [7, 11) is 0. The second-order valence-electron chi connectivity index (χ2n) is 4.60. The molecule has 0 aliphatic carbocycles. The van der Waals surface area contributed by atoms with Crippen LogP contribution in [0.25, 0.3) is 0 Å². The number of ether oxygens (including phenoxy) is 2. The quantitative estimate of drug-likeness (QED) is 0.941. The third kappa shape index (κ3) is 3.31. The Hall–Kier alpha value is -2.14. The molecule has 0 fully saturated rings. The molecule has 1 aromatic heterocycles. The van der Waals surface area contributed by atoms with Gasteiger partial charge in [0.15, 0.2) is 11.5 Å². The summed E-state index contributed by atoms with van der Waals surface area (Å²) in [5, 5.41) is 3.20. The van der Waals surface area contributed by atoms with Gasteiger partial charge in [0.05, 0.1) is 17.0 Å². The zero-order chi connectivity index (χ0) is 14.7. The van der Waals surface area contributed by atoms with Gasteiger partial charge in [0.1, 0.15) is 19.0 Å². The first-order valence-electron chi connectivity index (χ1n) is 6.64. The molecule has 1 aromatic carbocycles. The summed E-state index contributed by atoms with van der Waals surface area (Å²) in [4.78, 5) is 11.9. The van der Waals surface area contributed by atoms with Crippen molar-refractivity contribution < 1.29 is 18.7 Å². The number of carbonyl (C=O) groups excluding carboxylic acids is 1. The van der Waals surface area contributed by atoms with Crippen molar-refractivity contribution in [1.29, 1.82) is 0 Å². The van der Waals surface area contributed by atoms with E-state index >= 15 is 0 Å². The maximum Gasteiger partial charge on any atom is 0.224 e. The molecule has 0 radical (unpaired) electrons. The van der Waals surface area contributed by atoms with Gasteiger partial charge in [-0.05, 0) is 12.1 Å². The van der Waals surface area contributed by atoms with Crippen LogP contribution in [0, 0.1) is 0 Å². The predicted octanol–water partition coefficient (Wildman–Crippen LogP) is 3.28. The molecule has 6 heteroatoms. The number of benzene rings is 1. The van der Waals surface area contributed by atoms with Crippen LogP contribution in [0.5, 0.6) is 11.5 Å². The fraction of sp³-hybridized carbons (Fsp3) is 0.267. The average molecular weight is 308 g/mol. The van der Waals surface area contributed by atoms with E-state index in [1.165, 1.54) is 0 Å². The Morgan fingerprint density at radius 1 is 1.24 bits per heavy atom. The number of furan rings is 1. The van der Waals surface area contributed by atoms with Crippen LogP contribution in [-0.4, -0.2) is 19.1 Å². The van der Waals surface area contributed by atoms with Crippen LogP contribution in [-0.2, 0) is 11.2 Å². The molecule has 1 aliphatic heterocycles. The zero-order valence-corrected chi connectivity index (χ0v) is 12.0. The Bertz CT molecular complexity index is 639. The molecule has 0 unspecified atom stereocenters. The highest BCUT2D eigenvalue weighted by Crippen LogP contribution is 2.37. The zero-order valence-electron chi connectivity index (χ0n) is 11.2. The number of aryl methyl sites for hydroxylation is 1. The fourth-order valence-electron chi connectivity index (χ4n) is 2.06. The van der Waals surface area contributed by atoms with Gasteiger partial charge in [-0.1, -0.05) is 11.6 Å². The van der Waals surface area contributed by atoms with Crippen molar-refractivity contribution >= 4 is 23.2 Å². The summed E-state index contributed by atoms with van der Waals surface area (Å²) in [5.41, 5.74) is 0.519. The molecule has 0 saturated heterocycles. The number of halogens is 1. The SMILES string of the molecule is O=C(CCc1ccco1)Nc1cc2c(cc1Cl)OCCO2. The van der Waals surface area contributed by atoms with Crippen LogP contribution in [0.15, 0.2) is 34.9 Å². The van der Waals surface area contributed by atoms with E-state index in [2.05, 4.69) is 5.32 Å². The Kier molecular flexibility index (Phi) is 4.01. The van der Waals surface area contributed by atoms with Crippen LogP contribution < -0.4 is 14.8 Å². The molecule has 110 valence electrons. The topological polar surface area (TPSA) is 60.7 Å². The minimum Gasteiger partial charge on any atom is -0.486 e. The summed E-state index contributed by atoms with van der Waals surface area (Å²) in [6.45, 7) is 0.985. The number of anilines is 1. The van der Waals surface area contributed by atoms with Gasteiger partial charge in [0.25, 0.3) is 0 Å². The lowest BCUT2D eigenvalue weighted by atomic mass is 10.2. The summed E-state index contributed by atoms with van der Waals surface area (Å²) in [6, 6.07) is 6.97. The van der Waals surface area contributed by atoms with E-state index < -0.39 is 0 Å². The third-order valence-electron chi connectivity index (χ3n) is 3.08. The second-order valence-corrected chi connectivity index (χ2v) is 5.01. The lowest BCUT2D eigenvalue weighted by Crippen LogP contribution is -2.17. The van der Waals surface area contributed by atoms with Gasteiger partial charge in [-0.2, -0.15) is 0 Å². The minimum atomic E-state index is -0.134. The molecule has 1 N–H and O–H groups in total. The number of hydrogen-bond acceptors (Lipinski definition) is 4. The maximum absolute atomic E-state index is 11.9. The van der Waals surface area contributed by atoms with Crippen LogP contribution in [0.1, 0.15) is 12.2 Å². The van der Waals surface area contributed by atoms with Crippen molar-refractivity contribution in [2.45, 2.75) is 12.8 Å². The highest BCUT2D eigenvalue weighted by Gasteiger charge is 2.16. The molecular weight excluding hydrogens is 294 g/mol. The van der Waals surface area contributed by atoms with Crippen LogP contribution in [0.2, 0.25) is 5.02 Å². The first-order chi connectivity index (χ1) is 10.2. The summed E-state index contributed by atoms with van der Waals surface area (Å²) < 4.78 is 16.1. The molecule has 0 bridgehead atoms. The van der Waals surface area contributed by atoms with Gasteiger partial charge in [0, 0.05) is 25.0 Å².